The van der Waals surface area contributed by atoms with Gasteiger partial charge in [-0.25, -0.2) is 4.98 Å². The van der Waals surface area contributed by atoms with Crippen LogP contribution in [-0.4, -0.2) is 30.8 Å². The zero-order chi connectivity index (χ0) is 11.3. The SMILES string of the molecule is CCN(CC)S(=O)(=O)Oc1ccccn1. The Labute approximate surface area is 90.0 Å². The van der Waals surface area contributed by atoms with Crippen molar-refractivity contribution in [3.63, 3.8) is 0 Å². The van der Waals surface area contributed by atoms with E-state index in [0.29, 0.717) is 13.1 Å². The monoisotopic (exact) mass is 230 g/mol. The summed E-state index contributed by atoms with van der Waals surface area (Å²) in [6, 6.07) is 4.86. The number of hydrogen-bond acceptors (Lipinski definition) is 4. The van der Waals surface area contributed by atoms with E-state index in [1.54, 1.807) is 26.0 Å². The molecule has 0 amide bonds. The van der Waals surface area contributed by atoms with E-state index in [4.69, 9.17) is 4.18 Å². The van der Waals surface area contributed by atoms with Gasteiger partial charge in [-0.1, -0.05) is 19.9 Å². The molecule has 84 valence electrons. The minimum absolute atomic E-state index is 0.0874. The Morgan fingerprint density at radius 2 is 2.00 bits per heavy atom. The van der Waals surface area contributed by atoms with E-state index in [2.05, 4.69) is 4.98 Å². The summed E-state index contributed by atoms with van der Waals surface area (Å²) in [5.74, 6) is 0.0874. The van der Waals surface area contributed by atoms with Crippen LogP contribution in [0.15, 0.2) is 24.4 Å². The second-order valence-electron chi connectivity index (χ2n) is 2.79. The normalized spacial score (nSPS) is 11.7. The molecule has 0 aliphatic heterocycles. The molecule has 6 heteroatoms. The Hall–Kier alpha value is -1.14. The van der Waals surface area contributed by atoms with Gasteiger partial charge < -0.3 is 4.18 Å². The summed E-state index contributed by atoms with van der Waals surface area (Å²) < 4.78 is 29.3. The van der Waals surface area contributed by atoms with E-state index >= 15 is 0 Å². The molecule has 0 aliphatic carbocycles. The van der Waals surface area contributed by atoms with Crippen molar-refractivity contribution >= 4 is 10.3 Å². The molecule has 0 saturated heterocycles. The van der Waals surface area contributed by atoms with E-state index in [1.165, 1.54) is 16.6 Å². The molecule has 5 nitrogen and oxygen atoms in total. The molecular formula is C9H14N2O3S. The predicted molar refractivity (Wildman–Crippen MR) is 56.7 cm³/mol. The van der Waals surface area contributed by atoms with Crippen LogP contribution in [0.5, 0.6) is 5.88 Å². The highest BCUT2D eigenvalue weighted by molar-refractivity contribution is 7.84. The summed E-state index contributed by atoms with van der Waals surface area (Å²) in [4.78, 5) is 3.79. The lowest BCUT2D eigenvalue weighted by Gasteiger charge is -2.17. The number of nitrogens with zero attached hydrogens (tertiary/aromatic N) is 2. The molecular weight excluding hydrogens is 216 g/mol. The standard InChI is InChI=1S/C9H14N2O3S/c1-3-11(4-2)15(12,13)14-9-7-5-6-8-10-9/h5-8H,3-4H2,1-2H3. The highest BCUT2D eigenvalue weighted by Gasteiger charge is 2.21. The average molecular weight is 230 g/mol. The first-order valence-electron chi connectivity index (χ1n) is 4.70. The minimum Gasteiger partial charge on any atom is -0.350 e. The van der Waals surface area contributed by atoms with E-state index in [9.17, 15) is 8.42 Å². The lowest BCUT2D eigenvalue weighted by Crippen LogP contribution is -2.34. The van der Waals surface area contributed by atoms with Crippen molar-refractivity contribution in [2.75, 3.05) is 13.1 Å². The second kappa shape index (κ2) is 5.09. The van der Waals surface area contributed by atoms with Crippen LogP contribution in [0.2, 0.25) is 0 Å². The molecule has 15 heavy (non-hydrogen) atoms. The van der Waals surface area contributed by atoms with Crippen LogP contribution in [0, 0.1) is 0 Å². The smallest absolute Gasteiger partial charge is 0.350 e. The maximum atomic E-state index is 11.6. The van der Waals surface area contributed by atoms with E-state index in [-0.39, 0.29) is 5.88 Å². The number of pyridine rings is 1. The van der Waals surface area contributed by atoms with Gasteiger partial charge in [0, 0.05) is 25.4 Å². The quantitative estimate of drug-likeness (QED) is 0.758. The molecule has 1 rings (SSSR count). The molecule has 1 aromatic rings. The molecule has 0 atom stereocenters. The van der Waals surface area contributed by atoms with E-state index < -0.39 is 10.3 Å². The molecule has 0 aromatic carbocycles. The van der Waals surface area contributed by atoms with Gasteiger partial charge in [0.15, 0.2) is 0 Å². The van der Waals surface area contributed by atoms with Gasteiger partial charge in [0.25, 0.3) is 0 Å². The van der Waals surface area contributed by atoms with Crippen LogP contribution in [-0.2, 0) is 10.3 Å². The summed E-state index contributed by atoms with van der Waals surface area (Å²) in [5, 5.41) is 0. The maximum Gasteiger partial charge on any atom is 0.386 e. The van der Waals surface area contributed by atoms with Crippen LogP contribution in [0.25, 0.3) is 0 Å². The van der Waals surface area contributed by atoms with Gasteiger partial charge in [0.2, 0.25) is 5.88 Å². The molecule has 1 heterocycles. The van der Waals surface area contributed by atoms with Crippen molar-refractivity contribution in [1.29, 1.82) is 0 Å². The zero-order valence-electron chi connectivity index (χ0n) is 8.75. The predicted octanol–water partition coefficient (Wildman–Crippen LogP) is 1.05. The summed E-state index contributed by atoms with van der Waals surface area (Å²) in [5.41, 5.74) is 0. The molecule has 0 N–H and O–H groups in total. The van der Waals surface area contributed by atoms with Crippen molar-refractivity contribution < 1.29 is 12.6 Å². The Kier molecular flexibility index (Phi) is 4.05. The lowest BCUT2D eigenvalue weighted by molar-refractivity contribution is 0.372. The van der Waals surface area contributed by atoms with Crippen molar-refractivity contribution in [2.45, 2.75) is 13.8 Å². The van der Waals surface area contributed by atoms with Crippen molar-refractivity contribution in [3.8, 4) is 5.88 Å². The van der Waals surface area contributed by atoms with Crippen molar-refractivity contribution in [1.82, 2.24) is 9.29 Å². The Morgan fingerprint density at radius 3 is 2.47 bits per heavy atom. The Morgan fingerprint density at radius 1 is 1.33 bits per heavy atom. The van der Waals surface area contributed by atoms with Gasteiger partial charge in [-0.15, -0.1) is 0 Å². The largest absolute Gasteiger partial charge is 0.386 e. The first kappa shape index (κ1) is 11.9. The Balaban J connectivity index is 2.81. The maximum absolute atomic E-state index is 11.6. The molecule has 0 radical (unpaired) electrons. The van der Waals surface area contributed by atoms with Crippen LogP contribution in [0.3, 0.4) is 0 Å². The van der Waals surface area contributed by atoms with Crippen LogP contribution < -0.4 is 4.18 Å². The van der Waals surface area contributed by atoms with Gasteiger partial charge in [-0.05, 0) is 6.07 Å². The number of hydrogen-bond donors (Lipinski definition) is 0. The number of rotatable bonds is 5. The molecule has 0 spiro atoms. The van der Waals surface area contributed by atoms with Crippen molar-refractivity contribution in [3.05, 3.63) is 24.4 Å². The lowest BCUT2D eigenvalue weighted by atomic mass is 10.5. The fraction of sp³-hybridized carbons (Fsp3) is 0.444. The van der Waals surface area contributed by atoms with Crippen molar-refractivity contribution in [2.24, 2.45) is 0 Å². The van der Waals surface area contributed by atoms with Gasteiger partial charge in [0.05, 0.1) is 0 Å². The highest BCUT2D eigenvalue weighted by atomic mass is 32.2. The fourth-order valence-corrected chi connectivity index (χ4v) is 2.15. The van der Waals surface area contributed by atoms with E-state index in [1.807, 2.05) is 0 Å². The van der Waals surface area contributed by atoms with Crippen LogP contribution in [0.4, 0.5) is 0 Å². The van der Waals surface area contributed by atoms with Gasteiger partial charge in [0.1, 0.15) is 0 Å². The third-order valence-corrected chi connectivity index (χ3v) is 3.38. The zero-order valence-corrected chi connectivity index (χ0v) is 9.57. The molecule has 0 unspecified atom stereocenters. The second-order valence-corrected chi connectivity index (χ2v) is 4.33. The van der Waals surface area contributed by atoms with E-state index in [0.717, 1.165) is 0 Å². The molecule has 1 aromatic heterocycles. The van der Waals surface area contributed by atoms with Crippen LogP contribution >= 0.6 is 0 Å². The average Bonchev–Trinajstić information content (AvgIpc) is 2.19. The minimum atomic E-state index is -3.70. The van der Waals surface area contributed by atoms with Gasteiger partial charge in [-0.3, -0.25) is 0 Å². The summed E-state index contributed by atoms with van der Waals surface area (Å²) >= 11 is 0. The molecule has 0 bridgehead atoms. The van der Waals surface area contributed by atoms with Gasteiger partial charge >= 0.3 is 10.3 Å². The molecule has 0 saturated carbocycles. The summed E-state index contributed by atoms with van der Waals surface area (Å²) in [6.45, 7) is 4.27. The first-order valence-corrected chi connectivity index (χ1v) is 6.07. The fourth-order valence-electron chi connectivity index (χ4n) is 1.10. The summed E-state index contributed by atoms with van der Waals surface area (Å²) in [7, 11) is -3.70. The third kappa shape index (κ3) is 3.17. The van der Waals surface area contributed by atoms with Crippen LogP contribution in [0.1, 0.15) is 13.8 Å². The molecule has 0 aliphatic rings. The van der Waals surface area contributed by atoms with Gasteiger partial charge in [-0.2, -0.15) is 12.7 Å². The highest BCUT2D eigenvalue weighted by Crippen LogP contribution is 2.10. The topological polar surface area (TPSA) is 59.5 Å². The third-order valence-electron chi connectivity index (χ3n) is 1.85. The molecule has 0 fully saturated rings. The number of aromatic nitrogens is 1. The summed E-state index contributed by atoms with van der Waals surface area (Å²) in [6.07, 6.45) is 1.48. The Bertz CT molecular complexity index is 387. The first-order chi connectivity index (χ1) is 7.10.